The Morgan fingerprint density at radius 3 is 3.00 bits per heavy atom. The first kappa shape index (κ1) is 10.8. The lowest BCUT2D eigenvalue weighted by Gasteiger charge is -2.07. The highest BCUT2D eigenvalue weighted by Gasteiger charge is 2.09. The summed E-state index contributed by atoms with van der Waals surface area (Å²) in [6, 6.07) is 4.48. The number of carbonyl (C=O) groups is 1. The van der Waals surface area contributed by atoms with E-state index in [0.29, 0.717) is 16.9 Å². The third kappa shape index (κ3) is 1.97. The maximum Gasteiger partial charge on any atom is 0.185 e. The van der Waals surface area contributed by atoms with Crippen LogP contribution in [-0.4, -0.2) is 15.8 Å². The minimum atomic E-state index is -0.391. The van der Waals surface area contributed by atoms with Gasteiger partial charge in [-0.25, -0.2) is 9.37 Å². The van der Waals surface area contributed by atoms with Crippen LogP contribution in [-0.2, 0) is 6.54 Å². The summed E-state index contributed by atoms with van der Waals surface area (Å²) in [6.45, 7) is 0.194. The highest BCUT2D eigenvalue weighted by molar-refractivity contribution is 6.31. The predicted octanol–water partition coefficient (Wildman–Crippen LogP) is 2.54. The highest BCUT2D eigenvalue weighted by Crippen LogP contribution is 2.20. The lowest BCUT2D eigenvalue weighted by molar-refractivity contribution is 0.111. The summed E-state index contributed by atoms with van der Waals surface area (Å²) < 4.78 is 15.0. The van der Waals surface area contributed by atoms with Gasteiger partial charge >= 0.3 is 0 Å². The second-order valence-electron chi connectivity index (χ2n) is 3.23. The quantitative estimate of drug-likeness (QED) is 0.771. The Kier molecular flexibility index (Phi) is 3.01. The zero-order chi connectivity index (χ0) is 11.5. The number of carbonyl (C=O) groups excluding carboxylic acids is 1. The third-order valence-electron chi connectivity index (χ3n) is 2.24. The smallest absolute Gasteiger partial charge is 0.185 e. The summed E-state index contributed by atoms with van der Waals surface area (Å²) in [4.78, 5) is 14.5. The molecule has 0 atom stereocenters. The second-order valence-corrected chi connectivity index (χ2v) is 3.64. The molecule has 82 valence electrons. The Bertz CT molecular complexity index is 504. The van der Waals surface area contributed by atoms with Crippen molar-refractivity contribution in [3.05, 3.63) is 52.8 Å². The Morgan fingerprint density at radius 1 is 1.50 bits per heavy atom. The van der Waals surface area contributed by atoms with Crippen LogP contribution in [0.25, 0.3) is 0 Å². The average molecular weight is 239 g/mol. The van der Waals surface area contributed by atoms with Crippen molar-refractivity contribution in [1.82, 2.24) is 9.55 Å². The average Bonchev–Trinajstić information content (AvgIpc) is 2.71. The molecule has 3 nitrogen and oxygen atoms in total. The Balaban J connectivity index is 2.37. The standard InChI is InChI=1S/C11H8ClFN2O/c12-9-2-1-3-10(13)8(9)6-15-5-4-14-11(15)7-16/h1-5,7H,6H2. The van der Waals surface area contributed by atoms with E-state index in [-0.39, 0.29) is 12.4 Å². The van der Waals surface area contributed by atoms with Crippen LogP contribution in [0.5, 0.6) is 0 Å². The monoisotopic (exact) mass is 238 g/mol. The number of benzene rings is 1. The molecule has 2 rings (SSSR count). The fraction of sp³-hybridized carbons (Fsp3) is 0.0909. The van der Waals surface area contributed by atoms with E-state index in [4.69, 9.17) is 11.6 Å². The van der Waals surface area contributed by atoms with Gasteiger partial charge in [0.15, 0.2) is 12.1 Å². The Hall–Kier alpha value is -1.68. The van der Waals surface area contributed by atoms with Gasteiger partial charge in [0.1, 0.15) is 5.82 Å². The molecule has 0 bridgehead atoms. The molecular formula is C11H8ClFN2O. The van der Waals surface area contributed by atoms with Gasteiger partial charge in [-0.2, -0.15) is 0 Å². The van der Waals surface area contributed by atoms with Crippen LogP contribution in [0.3, 0.4) is 0 Å². The van der Waals surface area contributed by atoms with Gasteiger partial charge < -0.3 is 4.57 Å². The first-order chi connectivity index (χ1) is 7.72. The van der Waals surface area contributed by atoms with Gasteiger partial charge in [0.05, 0.1) is 6.54 Å². The van der Waals surface area contributed by atoms with E-state index >= 15 is 0 Å². The van der Waals surface area contributed by atoms with E-state index in [2.05, 4.69) is 4.98 Å². The molecule has 0 fully saturated rings. The highest BCUT2D eigenvalue weighted by atomic mass is 35.5. The predicted molar refractivity (Wildman–Crippen MR) is 58.1 cm³/mol. The minimum absolute atomic E-state index is 0.194. The van der Waals surface area contributed by atoms with Crippen LogP contribution in [0, 0.1) is 5.82 Å². The van der Waals surface area contributed by atoms with Crippen molar-refractivity contribution in [3.8, 4) is 0 Å². The topological polar surface area (TPSA) is 34.9 Å². The molecule has 1 heterocycles. The van der Waals surface area contributed by atoms with Crippen LogP contribution in [0.15, 0.2) is 30.6 Å². The Morgan fingerprint density at radius 2 is 2.31 bits per heavy atom. The van der Waals surface area contributed by atoms with Crippen molar-refractivity contribution >= 4 is 17.9 Å². The lowest BCUT2D eigenvalue weighted by Crippen LogP contribution is -2.05. The summed E-state index contributed by atoms with van der Waals surface area (Å²) in [5, 5.41) is 0.338. The summed E-state index contributed by atoms with van der Waals surface area (Å²) >= 11 is 5.88. The van der Waals surface area contributed by atoms with Crippen LogP contribution >= 0.6 is 11.6 Å². The molecule has 5 heteroatoms. The molecule has 0 saturated heterocycles. The normalized spacial score (nSPS) is 10.4. The van der Waals surface area contributed by atoms with E-state index < -0.39 is 5.82 Å². The molecule has 0 aliphatic rings. The van der Waals surface area contributed by atoms with Gasteiger partial charge in [0, 0.05) is 23.0 Å². The Labute approximate surface area is 96.5 Å². The summed E-state index contributed by atoms with van der Waals surface area (Å²) in [5.74, 6) is -0.141. The van der Waals surface area contributed by atoms with Gasteiger partial charge in [-0.15, -0.1) is 0 Å². The lowest BCUT2D eigenvalue weighted by atomic mass is 10.2. The van der Waals surface area contributed by atoms with Gasteiger partial charge in [0.25, 0.3) is 0 Å². The zero-order valence-electron chi connectivity index (χ0n) is 8.23. The molecule has 0 radical (unpaired) electrons. The molecule has 2 aromatic rings. The number of hydrogen-bond donors (Lipinski definition) is 0. The molecule has 0 saturated carbocycles. The molecule has 1 aromatic carbocycles. The van der Waals surface area contributed by atoms with Crippen molar-refractivity contribution in [2.75, 3.05) is 0 Å². The molecular weight excluding hydrogens is 231 g/mol. The number of nitrogens with zero attached hydrogens (tertiary/aromatic N) is 2. The molecule has 16 heavy (non-hydrogen) atoms. The summed E-state index contributed by atoms with van der Waals surface area (Å²) in [5.41, 5.74) is 0.352. The maximum absolute atomic E-state index is 13.5. The first-order valence-corrected chi connectivity index (χ1v) is 4.99. The summed E-state index contributed by atoms with van der Waals surface area (Å²) in [7, 11) is 0. The van der Waals surface area contributed by atoms with Crippen molar-refractivity contribution in [3.63, 3.8) is 0 Å². The fourth-order valence-electron chi connectivity index (χ4n) is 1.43. The van der Waals surface area contributed by atoms with E-state index in [1.54, 1.807) is 12.3 Å². The SMILES string of the molecule is O=Cc1nccn1Cc1c(F)cccc1Cl. The van der Waals surface area contributed by atoms with Crippen molar-refractivity contribution in [2.45, 2.75) is 6.54 Å². The molecule has 0 unspecified atom stereocenters. The molecule has 0 amide bonds. The number of aldehydes is 1. The van der Waals surface area contributed by atoms with Crippen LogP contribution < -0.4 is 0 Å². The number of halogens is 2. The van der Waals surface area contributed by atoms with Crippen molar-refractivity contribution < 1.29 is 9.18 Å². The number of hydrogen-bond acceptors (Lipinski definition) is 2. The van der Waals surface area contributed by atoms with Crippen LogP contribution in [0.2, 0.25) is 5.02 Å². The second kappa shape index (κ2) is 4.45. The molecule has 0 aliphatic heterocycles. The largest absolute Gasteiger partial charge is 0.324 e. The van der Waals surface area contributed by atoms with Gasteiger partial charge in [-0.1, -0.05) is 17.7 Å². The van der Waals surface area contributed by atoms with Gasteiger partial charge in [-0.3, -0.25) is 4.79 Å². The van der Waals surface area contributed by atoms with Gasteiger partial charge in [-0.05, 0) is 12.1 Å². The van der Waals surface area contributed by atoms with Crippen LogP contribution in [0.4, 0.5) is 4.39 Å². The van der Waals surface area contributed by atoms with E-state index in [0.717, 1.165) is 0 Å². The van der Waals surface area contributed by atoms with E-state index in [9.17, 15) is 9.18 Å². The number of aromatic nitrogens is 2. The first-order valence-electron chi connectivity index (χ1n) is 4.61. The van der Waals surface area contributed by atoms with E-state index in [1.165, 1.54) is 22.9 Å². The van der Waals surface area contributed by atoms with Crippen LogP contribution in [0.1, 0.15) is 16.2 Å². The maximum atomic E-state index is 13.5. The number of rotatable bonds is 3. The molecule has 0 N–H and O–H groups in total. The van der Waals surface area contributed by atoms with Crippen molar-refractivity contribution in [1.29, 1.82) is 0 Å². The molecule has 1 aromatic heterocycles. The molecule has 0 spiro atoms. The molecule has 0 aliphatic carbocycles. The van der Waals surface area contributed by atoms with Crippen molar-refractivity contribution in [2.24, 2.45) is 0 Å². The van der Waals surface area contributed by atoms with E-state index in [1.807, 2.05) is 0 Å². The zero-order valence-corrected chi connectivity index (χ0v) is 8.99. The minimum Gasteiger partial charge on any atom is -0.324 e. The fourth-order valence-corrected chi connectivity index (χ4v) is 1.65. The summed E-state index contributed by atoms with van der Waals surface area (Å²) in [6.07, 6.45) is 3.71. The van der Waals surface area contributed by atoms with Gasteiger partial charge in [0.2, 0.25) is 0 Å². The number of imidazole rings is 1. The third-order valence-corrected chi connectivity index (χ3v) is 2.60.